The van der Waals surface area contributed by atoms with Crippen molar-refractivity contribution in [3.63, 3.8) is 0 Å². The summed E-state index contributed by atoms with van der Waals surface area (Å²) < 4.78 is 0. The van der Waals surface area contributed by atoms with Gasteiger partial charge in [0.15, 0.2) is 0 Å². The molecule has 0 aliphatic carbocycles. The second kappa shape index (κ2) is 6.05. The lowest BCUT2D eigenvalue weighted by molar-refractivity contribution is 0.676. The van der Waals surface area contributed by atoms with Crippen LogP contribution in [0.2, 0.25) is 5.02 Å². The van der Waals surface area contributed by atoms with Gasteiger partial charge in [-0.15, -0.1) is 0 Å². The summed E-state index contributed by atoms with van der Waals surface area (Å²) in [7, 11) is 1.99. The van der Waals surface area contributed by atoms with Gasteiger partial charge in [-0.3, -0.25) is 0 Å². The summed E-state index contributed by atoms with van der Waals surface area (Å²) in [4.78, 5) is 0. The minimum atomic E-state index is 0.835. The molecule has 1 N–H and O–H groups in total. The first kappa shape index (κ1) is 11.5. The van der Waals surface area contributed by atoms with Crippen LogP contribution in [0.15, 0.2) is 18.2 Å². The molecule has 0 bridgehead atoms. The Labute approximate surface area is 91.5 Å². The molecule has 78 valence electrons. The van der Waals surface area contributed by atoms with Crippen LogP contribution in [-0.4, -0.2) is 13.6 Å². The summed E-state index contributed by atoms with van der Waals surface area (Å²) in [5.41, 5.74) is 2.73. The van der Waals surface area contributed by atoms with Crippen molar-refractivity contribution in [3.05, 3.63) is 34.3 Å². The molecule has 1 aromatic rings. The smallest absolute Gasteiger partial charge is 0.0408 e. The van der Waals surface area contributed by atoms with Gasteiger partial charge >= 0.3 is 0 Å². The maximum absolute atomic E-state index is 5.89. The van der Waals surface area contributed by atoms with Gasteiger partial charge in [0.25, 0.3) is 0 Å². The van der Waals surface area contributed by atoms with Crippen molar-refractivity contribution >= 4 is 11.6 Å². The van der Waals surface area contributed by atoms with E-state index >= 15 is 0 Å². The van der Waals surface area contributed by atoms with Crippen LogP contribution in [0.3, 0.4) is 0 Å². The van der Waals surface area contributed by atoms with Gasteiger partial charge in [0.05, 0.1) is 0 Å². The molecule has 1 aromatic carbocycles. The molecule has 0 heterocycles. The van der Waals surface area contributed by atoms with Crippen molar-refractivity contribution in [1.29, 1.82) is 0 Å². The van der Waals surface area contributed by atoms with Crippen LogP contribution >= 0.6 is 11.6 Å². The SMILES string of the molecule is CNCCCCc1ccc(Cl)cc1C. The van der Waals surface area contributed by atoms with Gasteiger partial charge in [-0.25, -0.2) is 0 Å². The van der Waals surface area contributed by atoms with Crippen LogP contribution < -0.4 is 5.32 Å². The fourth-order valence-corrected chi connectivity index (χ4v) is 1.78. The Hall–Kier alpha value is -0.530. The van der Waals surface area contributed by atoms with Crippen LogP contribution in [0.1, 0.15) is 24.0 Å². The largest absolute Gasteiger partial charge is 0.320 e. The van der Waals surface area contributed by atoms with E-state index in [1.165, 1.54) is 24.0 Å². The Morgan fingerprint density at radius 1 is 1.29 bits per heavy atom. The highest BCUT2D eigenvalue weighted by Gasteiger charge is 1.98. The second-order valence-electron chi connectivity index (χ2n) is 3.63. The number of benzene rings is 1. The Kier molecular flexibility index (Phi) is 4.99. The van der Waals surface area contributed by atoms with E-state index in [2.05, 4.69) is 18.3 Å². The lowest BCUT2D eigenvalue weighted by atomic mass is 10.0. The van der Waals surface area contributed by atoms with Crippen LogP contribution in [0.25, 0.3) is 0 Å². The minimum Gasteiger partial charge on any atom is -0.320 e. The van der Waals surface area contributed by atoms with E-state index in [1.807, 2.05) is 19.2 Å². The van der Waals surface area contributed by atoms with Crippen molar-refractivity contribution < 1.29 is 0 Å². The second-order valence-corrected chi connectivity index (χ2v) is 4.07. The third-order valence-electron chi connectivity index (χ3n) is 2.43. The summed E-state index contributed by atoms with van der Waals surface area (Å²) in [5.74, 6) is 0. The number of hydrogen-bond acceptors (Lipinski definition) is 1. The van der Waals surface area contributed by atoms with E-state index in [0.717, 1.165) is 18.0 Å². The van der Waals surface area contributed by atoms with Crippen molar-refractivity contribution in [1.82, 2.24) is 5.32 Å². The Morgan fingerprint density at radius 3 is 2.71 bits per heavy atom. The summed E-state index contributed by atoms with van der Waals surface area (Å²) in [6.45, 7) is 3.23. The third kappa shape index (κ3) is 3.69. The summed E-state index contributed by atoms with van der Waals surface area (Å²) in [5, 5.41) is 3.99. The monoisotopic (exact) mass is 211 g/mol. The molecule has 0 amide bonds. The van der Waals surface area contributed by atoms with Gasteiger partial charge in [-0.2, -0.15) is 0 Å². The van der Waals surface area contributed by atoms with Gasteiger partial charge in [-0.1, -0.05) is 17.7 Å². The molecular weight excluding hydrogens is 194 g/mol. The van der Waals surface area contributed by atoms with E-state index in [1.54, 1.807) is 0 Å². The van der Waals surface area contributed by atoms with Gasteiger partial charge in [-0.05, 0) is 63.0 Å². The number of hydrogen-bond donors (Lipinski definition) is 1. The van der Waals surface area contributed by atoms with E-state index < -0.39 is 0 Å². The van der Waals surface area contributed by atoms with Crippen molar-refractivity contribution in [2.24, 2.45) is 0 Å². The van der Waals surface area contributed by atoms with Gasteiger partial charge in [0.1, 0.15) is 0 Å². The maximum Gasteiger partial charge on any atom is 0.0408 e. The van der Waals surface area contributed by atoms with E-state index in [4.69, 9.17) is 11.6 Å². The zero-order valence-electron chi connectivity index (χ0n) is 8.94. The number of halogens is 1. The molecule has 0 unspecified atom stereocenters. The summed E-state index contributed by atoms with van der Waals surface area (Å²) in [6.07, 6.45) is 3.63. The zero-order valence-corrected chi connectivity index (χ0v) is 9.69. The van der Waals surface area contributed by atoms with Crippen LogP contribution in [0.5, 0.6) is 0 Å². The molecule has 0 saturated carbocycles. The van der Waals surface area contributed by atoms with Crippen molar-refractivity contribution in [3.8, 4) is 0 Å². The highest BCUT2D eigenvalue weighted by atomic mass is 35.5. The van der Waals surface area contributed by atoms with Crippen LogP contribution in [0, 0.1) is 6.92 Å². The molecule has 0 spiro atoms. The molecule has 1 nitrogen and oxygen atoms in total. The molecule has 0 aliphatic rings. The lowest BCUT2D eigenvalue weighted by Gasteiger charge is -2.05. The fourth-order valence-electron chi connectivity index (χ4n) is 1.56. The molecule has 0 saturated heterocycles. The topological polar surface area (TPSA) is 12.0 Å². The molecule has 0 aliphatic heterocycles. The highest BCUT2D eigenvalue weighted by Crippen LogP contribution is 2.16. The maximum atomic E-state index is 5.89. The third-order valence-corrected chi connectivity index (χ3v) is 2.66. The highest BCUT2D eigenvalue weighted by molar-refractivity contribution is 6.30. The Bertz CT molecular complexity index is 284. The fraction of sp³-hybridized carbons (Fsp3) is 0.500. The molecule has 0 aromatic heterocycles. The predicted molar refractivity (Wildman–Crippen MR) is 63.1 cm³/mol. The molecule has 14 heavy (non-hydrogen) atoms. The van der Waals surface area contributed by atoms with Crippen molar-refractivity contribution in [2.45, 2.75) is 26.2 Å². The number of nitrogens with one attached hydrogen (secondary N) is 1. The standard InChI is InChI=1S/C12H18ClN/c1-10-9-12(13)7-6-11(10)5-3-4-8-14-2/h6-7,9,14H,3-5,8H2,1-2H3. The summed E-state index contributed by atoms with van der Waals surface area (Å²) >= 11 is 5.89. The first-order chi connectivity index (χ1) is 6.74. The van der Waals surface area contributed by atoms with E-state index in [9.17, 15) is 0 Å². The molecule has 0 radical (unpaired) electrons. The Balaban J connectivity index is 2.42. The first-order valence-corrected chi connectivity index (χ1v) is 5.51. The predicted octanol–water partition coefficient (Wildman–Crippen LogP) is 3.19. The molecule has 2 heteroatoms. The van der Waals surface area contributed by atoms with Crippen molar-refractivity contribution in [2.75, 3.05) is 13.6 Å². The lowest BCUT2D eigenvalue weighted by Crippen LogP contribution is -2.07. The summed E-state index contributed by atoms with van der Waals surface area (Å²) in [6, 6.07) is 6.15. The average Bonchev–Trinajstić information content (AvgIpc) is 2.15. The minimum absolute atomic E-state index is 0.835. The molecular formula is C12H18ClN. The zero-order chi connectivity index (χ0) is 10.4. The molecule has 0 fully saturated rings. The molecule has 1 rings (SSSR count). The first-order valence-electron chi connectivity index (χ1n) is 5.13. The average molecular weight is 212 g/mol. The van der Waals surface area contributed by atoms with E-state index in [0.29, 0.717) is 0 Å². The quantitative estimate of drug-likeness (QED) is 0.738. The van der Waals surface area contributed by atoms with Crippen LogP contribution in [-0.2, 0) is 6.42 Å². The van der Waals surface area contributed by atoms with Gasteiger partial charge in [0.2, 0.25) is 0 Å². The number of unbranched alkanes of at least 4 members (excludes halogenated alkanes) is 1. The number of rotatable bonds is 5. The van der Waals surface area contributed by atoms with E-state index in [-0.39, 0.29) is 0 Å². The normalized spacial score (nSPS) is 10.5. The van der Waals surface area contributed by atoms with Gasteiger partial charge < -0.3 is 5.32 Å². The molecule has 0 atom stereocenters. The Morgan fingerprint density at radius 2 is 2.07 bits per heavy atom. The number of aryl methyl sites for hydroxylation is 2. The van der Waals surface area contributed by atoms with Gasteiger partial charge in [0, 0.05) is 5.02 Å². The van der Waals surface area contributed by atoms with Crippen LogP contribution in [0.4, 0.5) is 0 Å².